The number of anilines is 1. The van der Waals surface area contributed by atoms with Crippen LogP contribution in [0.1, 0.15) is 27.0 Å². The summed E-state index contributed by atoms with van der Waals surface area (Å²) in [6.07, 6.45) is 0. The number of benzene rings is 3. The van der Waals surface area contributed by atoms with Gasteiger partial charge >= 0.3 is 0 Å². The third-order valence-electron chi connectivity index (χ3n) is 4.97. The molecule has 4 heteroatoms. The van der Waals surface area contributed by atoms with Gasteiger partial charge in [0.2, 0.25) is 0 Å². The lowest BCUT2D eigenvalue weighted by atomic mass is 10.0. The Bertz CT molecular complexity index is 1250. The smallest absolute Gasteiger partial charge is 0.256 e. The maximum absolute atomic E-state index is 13.3. The molecule has 3 aromatic carbocycles. The third kappa shape index (κ3) is 4.01. The van der Waals surface area contributed by atoms with Crippen molar-refractivity contribution in [1.82, 2.24) is 4.98 Å². The zero-order valence-electron chi connectivity index (χ0n) is 16.6. The molecule has 3 nitrogen and oxygen atoms in total. The lowest BCUT2D eigenvalue weighted by Gasteiger charge is -2.13. The Morgan fingerprint density at radius 1 is 0.897 bits per heavy atom. The fraction of sp³-hybridized carbons (Fsp3) is 0.120. The molecule has 1 aromatic heterocycles. The molecule has 0 unspecified atom stereocenters. The van der Waals surface area contributed by atoms with Gasteiger partial charge in [-0.25, -0.2) is 4.98 Å². The van der Waals surface area contributed by atoms with E-state index in [9.17, 15) is 4.79 Å². The van der Waals surface area contributed by atoms with Gasteiger partial charge < -0.3 is 5.32 Å². The minimum atomic E-state index is -0.178. The highest BCUT2D eigenvalue weighted by atomic mass is 35.5. The summed E-state index contributed by atoms with van der Waals surface area (Å²) in [5.74, 6) is -0.178. The van der Waals surface area contributed by atoms with Crippen LogP contribution in [0.5, 0.6) is 0 Å². The lowest BCUT2D eigenvalue weighted by molar-refractivity contribution is 0.102. The van der Waals surface area contributed by atoms with Gasteiger partial charge in [0.1, 0.15) is 0 Å². The van der Waals surface area contributed by atoms with Gasteiger partial charge in [-0.3, -0.25) is 4.79 Å². The Labute approximate surface area is 175 Å². The lowest BCUT2D eigenvalue weighted by Crippen LogP contribution is -2.14. The van der Waals surface area contributed by atoms with Crippen LogP contribution in [0.25, 0.3) is 22.2 Å². The molecule has 0 aliphatic rings. The molecular formula is C25H21ClN2O. The van der Waals surface area contributed by atoms with Crippen LogP contribution in [0.2, 0.25) is 5.02 Å². The van der Waals surface area contributed by atoms with Crippen molar-refractivity contribution in [2.75, 3.05) is 5.32 Å². The van der Waals surface area contributed by atoms with Gasteiger partial charge in [0, 0.05) is 21.7 Å². The van der Waals surface area contributed by atoms with Crippen molar-refractivity contribution in [2.24, 2.45) is 0 Å². The number of carbonyl (C=O) groups excluding carboxylic acids is 1. The zero-order valence-corrected chi connectivity index (χ0v) is 17.3. The predicted octanol–water partition coefficient (Wildman–Crippen LogP) is 6.73. The molecule has 0 saturated carbocycles. The van der Waals surface area contributed by atoms with Gasteiger partial charge in [-0.2, -0.15) is 0 Å². The summed E-state index contributed by atoms with van der Waals surface area (Å²) in [7, 11) is 0. The number of nitrogens with one attached hydrogen (secondary N) is 1. The van der Waals surface area contributed by atoms with E-state index in [-0.39, 0.29) is 5.91 Å². The van der Waals surface area contributed by atoms with Crippen LogP contribution in [0, 0.1) is 20.8 Å². The maximum atomic E-state index is 13.3. The molecule has 0 bridgehead atoms. The first kappa shape index (κ1) is 19.2. The number of fused-ring (bicyclic) bond motifs is 1. The topological polar surface area (TPSA) is 42.0 Å². The van der Waals surface area contributed by atoms with Crippen LogP contribution in [-0.4, -0.2) is 10.9 Å². The van der Waals surface area contributed by atoms with E-state index in [1.54, 1.807) is 6.07 Å². The second-order valence-electron chi connectivity index (χ2n) is 7.36. The van der Waals surface area contributed by atoms with Crippen LogP contribution in [0.4, 0.5) is 5.69 Å². The molecular weight excluding hydrogens is 380 g/mol. The van der Waals surface area contributed by atoms with Crippen LogP contribution >= 0.6 is 11.6 Å². The van der Waals surface area contributed by atoms with Crippen LogP contribution in [-0.2, 0) is 0 Å². The number of amides is 1. The summed E-state index contributed by atoms with van der Waals surface area (Å²) >= 11 is 6.12. The first-order valence-corrected chi connectivity index (χ1v) is 9.84. The fourth-order valence-electron chi connectivity index (χ4n) is 3.40. The fourth-order valence-corrected chi connectivity index (χ4v) is 3.57. The highest BCUT2D eigenvalue weighted by Crippen LogP contribution is 2.28. The largest absolute Gasteiger partial charge is 0.322 e. The Hall–Kier alpha value is -3.17. The second kappa shape index (κ2) is 7.69. The summed E-state index contributed by atoms with van der Waals surface area (Å²) in [5, 5.41) is 4.43. The zero-order chi connectivity index (χ0) is 20.5. The molecule has 0 spiro atoms. The number of halogens is 1. The Morgan fingerprint density at radius 2 is 1.69 bits per heavy atom. The summed E-state index contributed by atoms with van der Waals surface area (Å²) in [5.41, 5.74) is 7.04. The van der Waals surface area contributed by atoms with E-state index in [0.717, 1.165) is 38.9 Å². The number of aryl methyl sites for hydroxylation is 3. The number of pyridine rings is 1. The number of rotatable bonds is 3. The molecule has 0 aliphatic carbocycles. The number of hydrogen-bond acceptors (Lipinski definition) is 2. The molecule has 1 heterocycles. The minimum absolute atomic E-state index is 0.178. The van der Waals surface area contributed by atoms with Crippen LogP contribution < -0.4 is 5.32 Å². The summed E-state index contributed by atoms with van der Waals surface area (Å²) in [6, 6.07) is 21.5. The first-order valence-electron chi connectivity index (χ1n) is 9.47. The van der Waals surface area contributed by atoms with Gasteiger partial charge in [0.15, 0.2) is 0 Å². The number of hydrogen-bond donors (Lipinski definition) is 1. The summed E-state index contributed by atoms with van der Waals surface area (Å²) < 4.78 is 0. The minimum Gasteiger partial charge on any atom is -0.322 e. The van der Waals surface area contributed by atoms with Crippen molar-refractivity contribution in [3.05, 3.63) is 94.0 Å². The average molecular weight is 401 g/mol. The molecule has 4 aromatic rings. The predicted molar refractivity (Wildman–Crippen MR) is 121 cm³/mol. The molecule has 4 rings (SSSR count). The Kier molecular flexibility index (Phi) is 5.08. The highest BCUT2D eigenvalue weighted by Gasteiger charge is 2.15. The average Bonchev–Trinajstić information content (AvgIpc) is 2.70. The number of nitrogens with zero attached hydrogens (tertiary/aromatic N) is 1. The van der Waals surface area contributed by atoms with E-state index >= 15 is 0 Å². The van der Waals surface area contributed by atoms with E-state index in [2.05, 4.69) is 11.4 Å². The maximum Gasteiger partial charge on any atom is 0.256 e. The van der Waals surface area contributed by atoms with Gasteiger partial charge in [-0.05, 0) is 62.7 Å². The Morgan fingerprint density at radius 3 is 2.48 bits per heavy atom. The molecule has 1 amide bonds. The van der Waals surface area contributed by atoms with E-state index in [4.69, 9.17) is 16.6 Å². The van der Waals surface area contributed by atoms with Crippen molar-refractivity contribution >= 4 is 34.1 Å². The third-order valence-corrected chi connectivity index (χ3v) is 5.21. The molecule has 0 fully saturated rings. The molecule has 29 heavy (non-hydrogen) atoms. The monoisotopic (exact) mass is 400 g/mol. The van der Waals surface area contributed by atoms with Gasteiger partial charge in [0.05, 0.1) is 16.8 Å². The number of carbonyl (C=O) groups is 1. The highest BCUT2D eigenvalue weighted by molar-refractivity contribution is 6.31. The van der Waals surface area contributed by atoms with Crippen molar-refractivity contribution < 1.29 is 4.79 Å². The molecule has 0 saturated heterocycles. The second-order valence-corrected chi connectivity index (χ2v) is 7.79. The molecule has 0 atom stereocenters. The van der Waals surface area contributed by atoms with Crippen molar-refractivity contribution in [3.63, 3.8) is 0 Å². The van der Waals surface area contributed by atoms with Gasteiger partial charge in [-0.1, -0.05) is 53.1 Å². The van der Waals surface area contributed by atoms with E-state index in [0.29, 0.717) is 16.3 Å². The number of aromatic nitrogens is 1. The Balaban J connectivity index is 1.86. The molecule has 144 valence electrons. The van der Waals surface area contributed by atoms with Gasteiger partial charge in [-0.15, -0.1) is 0 Å². The van der Waals surface area contributed by atoms with Crippen LogP contribution in [0.15, 0.2) is 66.7 Å². The normalized spacial score (nSPS) is 10.9. The van der Waals surface area contributed by atoms with Crippen LogP contribution in [0.3, 0.4) is 0 Å². The molecule has 0 radical (unpaired) electrons. The SMILES string of the molecule is Cc1cccc(-c2cc(C(=O)Nc3cc(Cl)ccc3C)c3cc(C)ccc3n2)c1. The van der Waals surface area contributed by atoms with Gasteiger partial charge in [0.25, 0.3) is 5.91 Å². The van der Waals surface area contributed by atoms with E-state index in [1.807, 2.05) is 75.4 Å². The molecule has 0 aliphatic heterocycles. The summed E-state index contributed by atoms with van der Waals surface area (Å²) in [4.78, 5) is 18.1. The quantitative estimate of drug-likeness (QED) is 0.414. The van der Waals surface area contributed by atoms with E-state index < -0.39 is 0 Å². The van der Waals surface area contributed by atoms with Crippen molar-refractivity contribution in [3.8, 4) is 11.3 Å². The van der Waals surface area contributed by atoms with Crippen molar-refractivity contribution in [1.29, 1.82) is 0 Å². The first-order chi connectivity index (χ1) is 13.9. The van der Waals surface area contributed by atoms with Crippen molar-refractivity contribution in [2.45, 2.75) is 20.8 Å². The van der Waals surface area contributed by atoms with E-state index in [1.165, 1.54) is 0 Å². The standard InChI is InChI=1S/C25H21ClN2O/c1-15-5-4-6-18(11-15)24-14-21(20-12-16(2)7-10-22(20)27-24)25(29)28-23-13-19(26)9-8-17(23)3/h4-14H,1-3H3,(H,28,29). The molecule has 1 N–H and O–H groups in total. The summed E-state index contributed by atoms with van der Waals surface area (Å²) in [6.45, 7) is 6.00.